The van der Waals surface area contributed by atoms with Crippen molar-refractivity contribution in [2.24, 2.45) is 0 Å². The van der Waals surface area contributed by atoms with Gasteiger partial charge in [0, 0.05) is 18.5 Å². The smallest absolute Gasteiger partial charge is 0.242 e. The monoisotopic (exact) mass is 335 g/mol. The van der Waals surface area contributed by atoms with Gasteiger partial charge in [-0.25, -0.2) is 4.98 Å². The maximum absolute atomic E-state index is 5.92. The van der Waals surface area contributed by atoms with Crippen LogP contribution in [0, 0.1) is 13.8 Å². The van der Waals surface area contributed by atoms with E-state index in [-0.39, 0.29) is 6.61 Å². The van der Waals surface area contributed by atoms with E-state index in [1.165, 1.54) is 0 Å². The molecule has 0 aliphatic rings. The molecular formula is C18H17N5O2. The molecule has 0 N–H and O–H groups in total. The number of fused-ring (bicyclic) bond motifs is 1. The minimum atomic E-state index is 0.289. The third-order valence-corrected chi connectivity index (χ3v) is 3.78. The van der Waals surface area contributed by atoms with Crippen molar-refractivity contribution in [3.05, 3.63) is 65.7 Å². The minimum absolute atomic E-state index is 0.289. The zero-order valence-electron chi connectivity index (χ0n) is 14.0. The molecule has 0 aromatic carbocycles. The quantitative estimate of drug-likeness (QED) is 0.558. The lowest BCUT2D eigenvalue weighted by atomic mass is 10.3. The third-order valence-electron chi connectivity index (χ3n) is 3.78. The molecule has 4 aromatic rings. The lowest BCUT2D eigenvalue weighted by Crippen LogP contribution is -2.05. The predicted octanol–water partition coefficient (Wildman–Crippen LogP) is 3.06. The van der Waals surface area contributed by atoms with Gasteiger partial charge in [0.25, 0.3) is 0 Å². The molecule has 0 saturated heterocycles. The highest BCUT2D eigenvalue weighted by Crippen LogP contribution is 2.25. The van der Waals surface area contributed by atoms with E-state index in [1.54, 1.807) is 6.20 Å². The summed E-state index contributed by atoms with van der Waals surface area (Å²) < 4.78 is 13.0. The van der Waals surface area contributed by atoms with Crippen LogP contribution in [0.25, 0.3) is 11.0 Å². The van der Waals surface area contributed by atoms with Crippen LogP contribution in [0.1, 0.15) is 23.0 Å². The molecule has 4 heterocycles. The van der Waals surface area contributed by atoms with Crippen molar-refractivity contribution >= 4 is 11.0 Å². The molecule has 7 heteroatoms. The highest BCUT2D eigenvalue weighted by Gasteiger charge is 2.14. The molecule has 7 nitrogen and oxygen atoms in total. The number of hydrogen-bond acceptors (Lipinski definition) is 6. The highest BCUT2D eigenvalue weighted by molar-refractivity contribution is 5.80. The Kier molecular flexibility index (Phi) is 3.89. The van der Waals surface area contributed by atoms with Gasteiger partial charge in [-0.1, -0.05) is 11.2 Å². The molecule has 126 valence electrons. The van der Waals surface area contributed by atoms with Crippen LogP contribution in [0.15, 0.2) is 47.2 Å². The number of nitrogens with zero attached hydrogens (tertiary/aromatic N) is 5. The van der Waals surface area contributed by atoms with Crippen LogP contribution in [0.5, 0.6) is 5.88 Å². The normalized spacial score (nSPS) is 11.1. The summed E-state index contributed by atoms with van der Waals surface area (Å²) in [4.78, 5) is 13.3. The van der Waals surface area contributed by atoms with E-state index in [1.807, 2.05) is 54.9 Å². The van der Waals surface area contributed by atoms with Gasteiger partial charge in [-0.15, -0.1) is 0 Å². The Morgan fingerprint density at radius 2 is 2.04 bits per heavy atom. The van der Waals surface area contributed by atoms with E-state index in [2.05, 4.69) is 20.1 Å². The first-order chi connectivity index (χ1) is 12.2. The number of ether oxygens (including phenoxy) is 1. The van der Waals surface area contributed by atoms with Gasteiger partial charge in [0.05, 0.1) is 17.8 Å². The second-order valence-electron chi connectivity index (χ2n) is 5.79. The van der Waals surface area contributed by atoms with Gasteiger partial charge in [0.2, 0.25) is 5.88 Å². The number of pyridine rings is 1. The van der Waals surface area contributed by atoms with E-state index in [0.29, 0.717) is 18.2 Å². The van der Waals surface area contributed by atoms with Crippen molar-refractivity contribution in [2.75, 3.05) is 0 Å². The lowest BCUT2D eigenvalue weighted by Gasteiger charge is -2.10. The van der Waals surface area contributed by atoms with E-state index in [0.717, 1.165) is 28.2 Å². The summed E-state index contributed by atoms with van der Waals surface area (Å²) in [5.41, 5.74) is 3.37. The molecule has 0 aliphatic heterocycles. The maximum Gasteiger partial charge on any atom is 0.242 e. The summed E-state index contributed by atoms with van der Waals surface area (Å²) in [6.07, 6.45) is 3.76. The number of aryl methyl sites for hydroxylation is 2. The maximum atomic E-state index is 5.92. The SMILES string of the molecule is Cc1nc(OCc2cc(C)on2)c2c(ccn2Cc2ccccn2)n1. The molecule has 0 saturated carbocycles. The second kappa shape index (κ2) is 6.35. The van der Waals surface area contributed by atoms with Crippen LogP contribution in [0.2, 0.25) is 0 Å². The number of hydrogen-bond donors (Lipinski definition) is 0. The van der Waals surface area contributed by atoms with Crippen molar-refractivity contribution in [3.8, 4) is 5.88 Å². The summed E-state index contributed by atoms with van der Waals surface area (Å²) in [5.74, 6) is 1.94. The average Bonchev–Trinajstić information content (AvgIpc) is 3.20. The molecule has 0 bridgehead atoms. The van der Waals surface area contributed by atoms with Gasteiger partial charge in [0.1, 0.15) is 29.4 Å². The van der Waals surface area contributed by atoms with Gasteiger partial charge in [-0.3, -0.25) is 4.98 Å². The molecule has 0 aliphatic carbocycles. The molecule has 0 atom stereocenters. The summed E-state index contributed by atoms with van der Waals surface area (Å²) in [6.45, 7) is 4.61. The van der Waals surface area contributed by atoms with Crippen molar-refractivity contribution in [1.29, 1.82) is 0 Å². The molecule has 0 radical (unpaired) electrons. The summed E-state index contributed by atoms with van der Waals surface area (Å²) in [5, 5.41) is 3.95. The first kappa shape index (κ1) is 15.3. The van der Waals surface area contributed by atoms with Crippen molar-refractivity contribution in [3.63, 3.8) is 0 Å². The largest absolute Gasteiger partial charge is 0.469 e. The topological polar surface area (TPSA) is 78.9 Å². The molecule has 25 heavy (non-hydrogen) atoms. The molecular weight excluding hydrogens is 318 g/mol. The Bertz CT molecular complexity index is 1010. The molecule has 0 amide bonds. The molecule has 0 unspecified atom stereocenters. The first-order valence-corrected chi connectivity index (χ1v) is 7.97. The van der Waals surface area contributed by atoms with Gasteiger partial charge >= 0.3 is 0 Å². The number of rotatable bonds is 5. The standard InChI is InChI=1S/C18H17N5O2/c1-12-9-15(22-25-12)11-24-18-17-16(20-13(2)21-18)6-8-23(17)10-14-5-3-4-7-19-14/h3-9H,10-11H2,1-2H3. The summed E-state index contributed by atoms with van der Waals surface area (Å²) in [6, 6.07) is 9.66. The lowest BCUT2D eigenvalue weighted by molar-refractivity contribution is 0.279. The van der Waals surface area contributed by atoms with Gasteiger partial charge in [0.15, 0.2) is 0 Å². The van der Waals surface area contributed by atoms with Crippen molar-refractivity contribution in [2.45, 2.75) is 27.0 Å². The van der Waals surface area contributed by atoms with E-state index >= 15 is 0 Å². The second-order valence-corrected chi connectivity index (χ2v) is 5.79. The van der Waals surface area contributed by atoms with Crippen LogP contribution >= 0.6 is 0 Å². The predicted molar refractivity (Wildman–Crippen MR) is 91.2 cm³/mol. The Labute approximate surface area is 144 Å². The van der Waals surface area contributed by atoms with Crippen LogP contribution in [-0.4, -0.2) is 24.7 Å². The van der Waals surface area contributed by atoms with Crippen molar-refractivity contribution in [1.82, 2.24) is 24.7 Å². The summed E-state index contributed by atoms with van der Waals surface area (Å²) >= 11 is 0. The number of aromatic nitrogens is 5. The Balaban J connectivity index is 1.68. The van der Waals surface area contributed by atoms with Crippen LogP contribution in [0.3, 0.4) is 0 Å². The molecule has 4 rings (SSSR count). The first-order valence-electron chi connectivity index (χ1n) is 7.97. The molecule has 0 spiro atoms. The molecule has 0 fully saturated rings. The highest BCUT2D eigenvalue weighted by atomic mass is 16.5. The Morgan fingerprint density at radius 3 is 2.80 bits per heavy atom. The summed E-state index contributed by atoms with van der Waals surface area (Å²) in [7, 11) is 0. The Hall–Kier alpha value is -3.22. The zero-order chi connectivity index (χ0) is 17.2. The van der Waals surface area contributed by atoms with E-state index in [4.69, 9.17) is 9.26 Å². The van der Waals surface area contributed by atoms with Crippen LogP contribution in [0.4, 0.5) is 0 Å². The van der Waals surface area contributed by atoms with Crippen LogP contribution in [-0.2, 0) is 13.2 Å². The fraction of sp³-hybridized carbons (Fsp3) is 0.222. The minimum Gasteiger partial charge on any atom is -0.469 e. The van der Waals surface area contributed by atoms with Gasteiger partial charge in [-0.2, -0.15) is 4.98 Å². The van der Waals surface area contributed by atoms with Crippen LogP contribution < -0.4 is 4.74 Å². The van der Waals surface area contributed by atoms with E-state index in [9.17, 15) is 0 Å². The Morgan fingerprint density at radius 1 is 1.12 bits per heavy atom. The molecule has 4 aromatic heterocycles. The average molecular weight is 335 g/mol. The van der Waals surface area contributed by atoms with E-state index < -0.39 is 0 Å². The zero-order valence-corrected chi connectivity index (χ0v) is 14.0. The van der Waals surface area contributed by atoms with Crippen molar-refractivity contribution < 1.29 is 9.26 Å². The van der Waals surface area contributed by atoms with Gasteiger partial charge < -0.3 is 13.8 Å². The fourth-order valence-corrected chi connectivity index (χ4v) is 2.71. The fourth-order valence-electron chi connectivity index (χ4n) is 2.71. The third kappa shape index (κ3) is 3.21. The van der Waals surface area contributed by atoms with Gasteiger partial charge in [-0.05, 0) is 32.0 Å².